The molecule has 1 N–H and O–H groups in total. The first-order valence-corrected chi connectivity index (χ1v) is 6.30. The summed E-state index contributed by atoms with van der Waals surface area (Å²) in [5.74, 6) is -1.38. The highest BCUT2D eigenvalue weighted by molar-refractivity contribution is 6.32. The second-order valence-electron chi connectivity index (χ2n) is 4.23. The van der Waals surface area contributed by atoms with Crippen LogP contribution >= 0.6 is 11.6 Å². The van der Waals surface area contributed by atoms with Crippen LogP contribution in [0.4, 0.5) is 4.39 Å². The molecule has 0 aliphatic heterocycles. The van der Waals surface area contributed by atoms with E-state index in [-0.39, 0.29) is 23.8 Å². The summed E-state index contributed by atoms with van der Waals surface area (Å²) in [6.07, 6.45) is -0.0275. The number of carboxylic acid groups (broad SMARTS) is 1. The summed E-state index contributed by atoms with van der Waals surface area (Å²) in [7, 11) is 0. The molecular formula is C15H12ClFO3. The van der Waals surface area contributed by atoms with Crippen molar-refractivity contribution in [1.82, 2.24) is 0 Å². The van der Waals surface area contributed by atoms with E-state index in [0.717, 1.165) is 5.56 Å². The Morgan fingerprint density at radius 1 is 1.15 bits per heavy atom. The van der Waals surface area contributed by atoms with E-state index in [1.165, 1.54) is 12.1 Å². The molecule has 0 aliphatic carbocycles. The largest absolute Gasteiger partial charge is 0.484 e. The lowest BCUT2D eigenvalue weighted by Crippen LogP contribution is -2.01. The summed E-state index contributed by atoms with van der Waals surface area (Å²) in [5.41, 5.74) is 1.50. The second-order valence-corrected chi connectivity index (χ2v) is 4.63. The van der Waals surface area contributed by atoms with E-state index in [9.17, 15) is 9.18 Å². The number of carbonyl (C=O) groups is 1. The number of benzene rings is 2. The van der Waals surface area contributed by atoms with E-state index in [1.54, 1.807) is 30.3 Å². The van der Waals surface area contributed by atoms with Crippen LogP contribution in [0.2, 0.25) is 5.02 Å². The zero-order valence-corrected chi connectivity index (χ0v) is 11.2. The predicted octanol–water partition coefficient (Wildman–Crippen LogP) is 3.69. The van der Waals surface area contributed by atoms with Crippen molar-refractivity contribution >= 4 is 17.6 Å². The van der Waals surface area contributed by atoms with Gasteiger partial charge in [0.15, 0.2) is 11.6 Å². The number of hydrogen-bond acceptors (Lipinski definition) is 2. The van der Waals surface area contributed by atoms with E-state index in [4.69, 9.17) is 21.4 Å². The Morgan fingerprint density at radius 2 is 1.80 bits per heavy atom. The number of para-hydroxylation sites is 1. The monoisotopic (exact) mass is 294 g/mol. The maximum atomic E-state index is 13.5. The lowest BCUT2D eigenvalue weighted by Gasteiger charge is -2.09. The summed E-state index contributed by atoms with van der Waals surface area (Å²) in [5, 5.41) is 8.88. The molecular weight excluding hydrogens is 283 g/mol. The van der Waals surface area contributed by atoms with Gasteiger partial charge in [0.2, 0.25) is 0 Å². The molecule has 0 spiro atoms. The van der Waals surface area contributed by atoms with Crippen LogP contribution in [0.3, 0.4) is 0 Å². The van der Waals surface area contributed by atoms with Gasteiger partial charge < -0.3 is 9.84 Å². The van der Waals surface area contributed by atoms with Crippen LogP contribution in [0.15, 0.2) is 42.5 Å². The number of aliphatic carboxylic acids is 1. The van der Waals surface area contributed by atoms with E-state index in [0.29, 0.717) is 5.56 Å². The molecule has 0 unspecified atom stereocenters. The van der Waals surface area contributed by atoms with Crippen molar-refractivity contribution in [2.75, 3.05) is 0 Å². The first-order valence-electron chi connectivity index (χ1n) is 5.92. The van der Waals surface area contributed by atoms with E-state index >= 15 is 0 Å². The lowest BCUT2D eigenvalue weighted by atomic mass is 10.1. The number of ether oxygens (including phenoxy) is 1. The third kappa shape index (κ3) is 3.71. The summed E-state index contributed by atoms with van der Waals surface area (Å²) >= 11 is 5.85. The minimum atomic E-state index is -0.882. The Morgan fingerprint density at radius 3 is 2.40 bits per heavy atom. The normalized spacial score (nSPS) is 10.3. The van der Waals surface area contributed by atoms with Gasteiger partial charge in [-0.15, -0.1) is 0 Å². The smallest absolute Gasteiger partial charge is 0.307 e. The molecule has 0 bridgehead atoms. The summed E-state index contributed by atoms with van der Waals surface area (Å²) in [6.45, 7) is 0.161. The molecule has 0 radical (unpaired) electrons. The van der Waals surface area contributed by atoms with Crippen molar-refractivity contribution in [2.24, 2.45) is 0 Å². The van der Waals surface area contributed by atoms with Gasteiger partial charge in [-0.25, -0.2) is 4.39 Å². The molecule has 2 rings (SSSR count). The molecule has 0 amide bonds. The summed E-state index contributed by atoms with van der Waals surface area (Å²) < 4.78 is 18.8. The van der Waals surface area contributed by atoms with Crippen LogP contribution < -0.4 is 4.74 Å². The topological polar surface area (TPSA) is 46.5 Å². The maximum Gasteiger partial charge on any atom is 0.307 e. The molecule has 3 nitrogen and oxygen atoms in total. The van der Waals surface area contributed by atoms with Gasteiger partial charge in [0.05, 0.1) is 11.4 Å². The van der Waals surface area contributed by atoms with Crippen LogP contribution in [0.1, 0.15) is 11.1 Å². The number of carboxylic acids is 1. The fourth-order valence-electron chi connectivity index (χ4n) is 1.70. The zero-order chi connectivity index (χ0) is 14.5. The SMILES string of the molecule is O=C(O)Cc1ccc(COc2c(F)cccc2Cl)cc1. The first-order chi connectivity index (χ1) is 9.56. The Balaban J connectivity index is 2.02. The Bertz CT molecular complexity index is 591. The van der Waals surface area contributed by atoms with Gasteiger partial charge in [0, 0.05) is 0 Å². The maximum absolute atomic E-state index is 13.5. The molecule has 2 aromatic carbocycles. The van der Waals surface area contributed by atoms with Crippen molar-refractivity contribution in [3.05, 3.63) is 64.4 Å². The van der Waals surface area contributed by atoms with Crippen molar-refractivity contribution in [2.45, 2.75) is 13.0 Å². The Kier molecular flexibility index (Phi) is 4.58. The average Bonchev–Trinajstić information content (AvgIpc) is 2.39. The second kappa shape index (κ2) is 6.39. The molecule has 0 heterocycles. The number of rotatable bonds is 5. The van der Waals surface area contributed by atoms with Gasteiger partial charge in [0.25, 0.3) is 0 Å². The van der Waals surface area contributed by atoms with Gasteiger partial charge in [0.1, 0.15) is 6.61 Å². The van der Waals surface area contributed by atoms with Crippen LogP contribution in [-0.4, -0.2) is 11.1 Å². The molecule has 5 heteroatoms. The number of hydrogen-bond donors (Lipinski definition) is 1. The minimum absolute atomic E-state index is 0.0174. The third-order valence-electron chi connectivity index (χ3n) is 2.68. The molecule has 0 atom stereocenters. The Labute approximate surface area is 120 Å². The third-order valence-corrected chi connectivity index (χ3v) is 2.98. The van der Waals surface area contributed by atoms with Gasteiger partial charge in [-0.1, -0.05) is 41.9 Å². The average molecular weight is 295 g/mol. The van der Waals surface area contributed by atoms with Crippen molar-refractivity contribution in [3.63, 3.8) is 0 Å². The highest BCUT2D eigenvalue weighted by atomic mass is 35.5. The van der Waals surface area contributed by atoms with Crippen molar-refractivity contribution < 1.29 is 19.0 Å². The van der Waals surface area contributed by atoms with Crippen molar-refractivity contribution in [3.8, 4) is 5.75 Å². The van der Waals surface area contributed by atoms with Crippen LogP contribution in [0.25, 0.3) is 0 Å². The fraction of sp³-hybridized carbons (Fsp3) is 0.133. The van der Waals surface area contributed by atoms with Crippen LogP contribution in [0.5, 0.6) is 5.75 Å². The standard InChI is InChI=1S/C15H12ClFO3/c16-12-2-1-3-13(17)15(12)20-9-11-6-4-10(5-7-11)8-14(18)19/h1-7H,8-9H2,(H,18,19). The Hall–Kier alpha value is -2.07. The zero-order valence-electron chi connectivity index (χ0n) is 10.5. The molecule has 0 saturated carbocycles. The lowest BCUT2D eigenvalue weighted by molar-refractivity contribution is -0.136. The molecule has 2 aromatic rings. The molecule has 0 aliphatic rings. The van der Waals surface area contributed by atoms with E-state index in [1.807, 2.05) is 0 Å². The predicted molar refractivity (Wildman–Crippen MR) is 73.5 cm³/mol. The van der Waals surface area contributed by atoms with Gasteiger partial charge in [-0.05, 0) is 23.3 Å². The molecule has 104 valence electrons. The molecule has 0 aromatic heterocycles. The number of halogens is 2. The molecule has 0 saturated heterocycles. The fourth-order valence-corrected chi connectivity index (χ4v) is 1.92. The first kappa shape index (κ1) is 14.3. The van der Waals surface area contributed by atoms with Crippen LogP contribution in [-0.2, 0) is 17.8 Å². The van der Waals surface area contributed by atoms with E-state index < -0.39 is 11.8 Å². The van der Waals surface area contributed by atoms with Gasteiger partial charge >= 0.3 is 5.97 Å². The summed E-state index contributed by atoms with van der Waals surface area (Å²) in [4.78, 5) is 10.6. The quantitative estimate of drug-likeness (QED) is 0.915. The minimum Gasteiger partial charge on any atom is -0.484 e. The molecule has 0 fully saturated rings. The van der Waals surface area contributed by atoms with Crippen molar-refractivity contribution in [1.29, 1.82) is 0 Å². The summed E-state index contributed by atoms with van der Waals surface area (Å²) in [6, 6.07) is 11.2. The van der Waals surface area contributed by atoms with E-state index in [2.05, 4.69) is 0 Å². The molecule has 20 heavy (non-hydrogen) atoms. The highest BCUT2D eigenvalue weighted by Gasteiger charge is 2.08. The highest BCUT2D eigenvalue weighted by Crippen LogP contribution is 2.27. The van der Waals surface area contributed by atoms with Crippen LogP contribution in [0, 0.1) is 5.82 Å². The van der Waals surface area contributed by atoms with Gasteiger partial charge in [-0.3, -0.25) is 4.79 Å². The van der Waals surface area contributed by atoms with Gasteiger partial charge in [-0.2, -0.15) is 0 Å².